The van der Waals surface area contributed by atoms with Crippen molar-refractivity contribution in [3.63, 3.8) is 0 Å². The highest BCUT2D eigenvalue weighted by atomic mass is 35.5. The molecule has 0 atom stereocenters. The summed E-state index contributed by atoms with van der Waals surface area (Å²) < 4.78 is 0. The highest BCUT2D eigenvalue weighted by Gasteiger charge is 2.13. The number of carbonyl (C=O) groups excluding carboxylic acids is 1. The molecule has 1 heterocycles. The van der Waals surface area contributed by atoms with Crippen LogP contribution in [0.3, 0.4) is 0 Å². The molecule has 0 saturated carbocycles. The van der Waals surface area contributed by atoms with Crippen LogP contribution in [0.4, 0.5) is 0 Å². The van der Waals surface area contributed by atoms with Crippen LogP contribution in [0.1, 0.15) is 33.1 Å². The lowest BCUT2D eigenvalue weighted by molar-refractivity contribution is -0.122. The van der Waals surface area contributed by atoms with Crippen LogP contribution in [-0.2, 0) is 4.79 Å². The van der Waals surface area contributed by atoms with E-state index < -0.39 is 0 Å². The minimum Gasteiger partial charge on any atom is -0.356 e. The zero-order chi connectivity index (χ0) is 10.4. The van der Waals surface area contributed by atoms with Crippen LogP contribution in [0, 0.1) is 11.8 Å². The van der Waals surface area contributed by atoms with Crippen molar-refractivity contribution < 1.29 is 4.79 Å². The van der Waals surface area contributed by atoms with Crippen LogP contribution in [0.5, 0.6) is 0 Å². The van der Waals surface area contributed by atoms with E-state index in [4.69, 9.17) is 0 Å². The van der Waals surface area contributed by atoms with E-state index in [1.165, 1.54) is 12.8 Å². The van der Waals surface area contributed by atoms with Crippen molar-refractivity contribution in [2.75, 3.05) is 19.6 Å². The standard InChI is InChI=1S/C11H22N2O.ClH/c1-9(2)7-11(14)13-8-10-3-5-12-6-4-10;/h9-10,12H,3-8H2,1-2H3,(H,13,14);1H. The van der Waals surface area contributed by atoms with Crippen molar-refractivity contribution in [2.24, 2.45) is 11.8 Å². The summed E-state index contributed by atoms with van der Waals surface area (Å²) in [7, 11) is 0. The fraction of sp³-hybridized carbons (Fsp3) is 0.909. The van der Waals surface area contributed by atoms with Crippen LogP contribution in [0.15, 0.2) is 0 Å². The average molecular weight is 235 g/mol. The Bertz CT molecular complexity index is 179. The Kier molecular flexibility index (Phi) is 7.79. The summed E-state index contributed by atoms with van der Waals surface area (Å²) in [6, 6.07) is 0. The summed E-state index contributed by atoms with van der Waals surface area (Å²) in [5.74, 6) is 1.36. The quantitative estimate of drug-likeness (QED) is 0.776. The normalized spacial score (nSPS) is 17.3. The zero-order valence-corrected chi connectivity index (χ0v) is 10.5. The average Bonchev–Trinajstić information content (AvgIpc) is 2.15. The molecule has 2 N–H and O–H groups in total. The van der Waals surface area contributed by atoms with Crippen molar-refractivity contribution in [1.29, 1.82) is 0 Å². The van der Waals surface area contributed by atoms with E-state index in [-0.39, 0.29) is 18.3 Å². The van der Waals surface area contributed by atoms with E-state index in [1.807, 2.05) is 0 Å². The molecular weight excluding hydrogens is 212 g/mol. The van der Waals surface area contributed by atoms with Crippen molar-refractivity contribution in [3.8, 4) is 0 Å². The molecule has 90 valence electrons. The molecule has 0 spiro atoms. The van der Waals surface area contributed by atoms with Gasteiger partial charge in [-0.1, -0.05) is 13.8 Å². The van der Waals surface area contributed by atoms with E-state index in [2.05, 4.69) is 24.5 Å². The maximum Gasteiger partial charge on any atom is 0.220 e. The molecule has 0 aromatic heterocycles. The van der Waals surface area contributed by atoms with Crippen LogP contribution < -0.4 is 10.6 Å². The van der Waals surface area contributed by atoms with E-state index in [9.17, 15) is 4.79 Å². The Morgan fingerprint density at radius 2 is 2.00 bits per heavy atom. The number of halogens is 1. The number of hydrogen-bond donors (Lipinski definition) is 2. The molecule has 1 aliphatic heterocycles. The summed E-state index contributed by atoms with van der Waals surface area (Å²) >= 11 is 0. The summed E-state index contributed by atoms with van der Waals surface area (Å²) in [4.78, 5) is 11.4. The molecule has 0 unspecified atom stereocenters. The molecule has 0 aromatic carbocycles. The second-order valence-electron chi connectivity index (χ2n) is 4.60. The monoisotopic (exact) mass is 234 g/mol. The lowest BCUT2D eigenvalue weighted by Gasteiger charge is -2.22. The Balaban J connectivity index is 0.00000196. The van der Waals surface area contributed by atoms with E-state index in [0.717, 1.165) is 19.6 Å². The van der Waals surface area contributed by atoms with Gasteiger partial charge in [-0.2, -0.15) is 0 Å². The first-order chi connectivity index (χ1) is 6.68. The van der Waals surface area contributed by atoms with Gasteiger partial charge in [0.15, 0.2) is 0 Å². The first-order valence-electron chi connectivity index (χ1n) is 5.66. The van der Waals surface area contributed by atoms with Gasteiger partial charge in [0.2, 0.25) is 5.91 Å². The Morgan fingerprint density at radius 1 is 1.40 bits per heavy atom. The Labute approximate surface area is 98.8 Å². The summed E-state index contributed by atoms with van der Waals surface area (Å²) in [5.41, 5.74) is 0. The van der Waals surface area contributed by atoms with Gasteiger partial charge in [0.25, 0.3) is 0 Å². The molecule has 1 amide bonds. The molecule has 0 aliphatic carbocycles. The van der Waals surface area contributed by atoms with Gasteiger partial charge in [-0.25, -0.2) is 0 Å². The van der Waals surface area contributed by atoms with E-state index >= 15 is 0 Å². The molecule has 1 fully saturated rings. The summed E-state index contributed by atoms with van der Waals surface area (Å²) in [5, 5.41) is 6.34. The third kappa shape index (κ3) is 6.74. The number of amides is 1. The molecule has 1 aliphatic rings. The predicted molar refractivity (Wildman–Crippen MR) is 65.3 cm³/mol. The second kappa shape index (κ2) is 7.94. The van der Waals surface area contributed by atoms with Crippen molar-refractivity contribution >= 4 is 18.3 Å². The molecule has 0 radical (unpaired) electrons. The van der Waals surface area contributed by atoms with E-state index in [1.54, 1.807) is 0 Å². The minimum absolute atomic E-state index is 0. The highest BCUT2D eigenvalue weighted by Crippen LogP contribution is 2.10. The van der Waals surface area contributed by atoms with Crippen molar-refractivity contribution in [3.05, 3.63) is 0 Å². The molecule has 4 heteroatoms. The largest absolute Gasteiger partial charge is 0.356 e. The minimum atomic E-state index is 0. The third-order valence-electron chi connectivity index (χ3n) is 2.64. The first-order valence-corrected chi connectivity index (χ1v) is 5.66. The van der Waals surface area contributed by atoms with Crippen molar-refractivity contribution in [1.82, 2.24) is 10.6 Å². The molecule has 0 aromatic rings. The van der Waals surface area contributed by atoms with Crippen LogP contribution in [-0.4, -0.2) is 25.5 Å². The Hall–Kier alpha value is -0.280. The number of nitrogens with one attached hydrogen (secondary N) is 2. The van der Waals surface area contributed by atoms with Gasteiger partial charge in [0, 0.05) is 13.0 Å². The zero-order valence-electron chi connectivity index (χ0n) is 9.71. The SMILES string of the molecule is CC(C)CC(=O)NCC1CCNCC1.Cl. The van der Waals surface area contributed by atoms with Crippen LogP contribution in [0.25, 0.3) is 0 Å². The van der Waals surface area contributed by atoms with Crippen LogP contribution >= 0.6 is 12.4 Å². The fourth-order valence-electron chi connectivity index (χ4n) is 1.79. The van der Waals surface area contributed by atoms with Gasteiger partial charge < -0.3 is 10.6 Å². The third-order valence-corrected chi connectivity index (χ3v) is 2.64. The fourth-order valence-corrected chi connectivity index (χ4v) is 1.79. The lowest BCUT2D eigenvalue weighted by atomic mass is 9.98. The first kappa shape index (κ1) is 14.7. The van der Waals surface area contributed by atoms with Crippen molar-refractivity contribution in [2.45, 2.75) is 33.1 Å². The van der Waals surface area contributed by atoms with Crippen LogP contribution in [0.2, 0.25) is 0 Å². The molecular formula is C11H23ClN2O. The highest BCUT2D eigenvalue weighted by molar-refractivity contribution is 5.85. The van der Waals surface area contributed by atoms with Gasteiger partial charge in [-0.3, -0.25) is 4.79 Å². The van der Waals surface area contributed by atoms with Gasteiger partial charge >= 0.3 is 0 Å². The number of rotatable bonds is 4. The predicted octanol–water partition coefficient (Wildman–Crippen LogP) is 1.57. The Morgan fingerprint density at radius 3 is 2.53 bits per heavy atom. The smallest absolute Gasteiger partial charge is 0.220 e. The lowest BCUT2D eigenvalue weighted by Crippen LogP contribution is -2.36. The topological polar surface area (TPSA) is 41.1 Å². The van der Waals surface area contributed by atoms with Gasteiger partial charge in [-0.15, -0.1) is 12.4 Å². The molecule has 3 nitrogen and oxygen atoms in total. The number of hydrogen-bond acceptors (Lipinski definition) is 2. The second-order valence-corrected chi connectivity index (χ2v) is 4.60. The molecule has 1 saturated heterocycles. The number of carbonyl (C=O) groups is 1. The van der Waals surface area contributed by atoms with E-state index in [0.29, 0.717) is 18.3 Å². The molecule has 0 bridgehead atoms. The van der Waals surface area contributed by atoms with Gasteiger partial charge in [0.1, 0.15) is 0 Å². The summed E-state index contributed by atoms with van der Waals surface area (Å²) in [6.45, 7) is 7.22. The number of piperidine rings is 1. The maximum atomic E-state index is 11.4. The maximum absolute atomic E-state index is 11.4. The van der Waals surface area contributed by atoms with Gasteiger partial charge in [0.05, 0.1) is 0 Å². The molecule has 15 heavy (non-hydrogen) atoms. The van der Waals surface area contributed by atoms with Gasteiger partial charge in [-0.05, 0) is 37.8 Å². The summed E-state index contributed by atoms with van der Waals surface area (Å²) in [6.07, 6.45) is 3.05. The molecule has 1 rings (SSSR count).